The topological polar surface area (TPSA) is 99.8 Å². The van der Waals surface area contributed by atoms with Crippen LogP contribution in [0.3, 0.4) is 0 Å². The third-order valence-corrected chi connectivity index (χ3v) is 3.22. The van der Waals surface area contributed by atoms with E-state index in [4.69, 9.17) is 0 Å². The molecular weight excluding hydrogens is 294 g/mol. The van der Waals surface area contributed by atoms with Gasteiger partial charge in [-0.05, 0) is 24.3 Å². The first kappa shape index (κ1) is 14.7. The highest BCUT2D eigenvalue weighted by Gasteiger charge is 2.10. The smallest absolute Gasteiger partial charge is 0.258 e. The minimum absolute atomic E-state index is 0.149. The maximum Gasteiger partial charge on any atom is 0.258 e. The van der Waals surface area contributed by atoms with E-state index in [-0.39, 0.29) is 18.4 Å². The third kappa shape index (κ3) is 3.52. The number of fused-ring (bicyclic) bond motifs is 1. The van der Waals surface area contributed by atoms with Crippen molar-refractivity contribution in [2.24, 2.45) is 0 Å². The van der Waals surface area contributed by atoms with E-state index in [1.165, 1.54) is 13.1 Å². The summed E-state index contributed by atoms with van der Waals surface area (Å²) in [4.78, 5) is 34.7. The first-order chi connectivity index (χ1) is 11.1. The number of amides is 2. The summed E-state index contributed by atoms with van der Waals surface area (Å²) in [7, 11) is 0. The number of aromatic nitrogens is 3. The first-order valence-corrected chi connectivity index (χ1v) is 7.07. The van der Waals surface area contributed by atoms with Gasteiger partial charge in [0.15, 0.2) is 0 Å². The van der Waals surface area contributed by atoms with Crippen molar-refractivity contribution in [3.63, 3.8) is 0 Å². The minimum Gasteiger partial charge on any atom is -0.351 e. The van der Waals surface area contributed by atoms with Gasteiger partial charge in [0.05, 0.1) is 23.3 Å². The number of hydrogen-bond acceptors (Lipinski definition) is 4. The van der Waals surface area contributed by atoms with Crippen molar-refractivity contribution in [1.82, 2.24) is 20.3 Å². The van der Waals surface area contributed by atoms with E-state index in [0.29, 0.717) is 17.2 Å². The van der Waals surface area contributed by atoms with Crippen LogP contribution < -0.4 is 10.6 Å². The van der Waals surface area contributed by atoms with Crippen molar-refractivity contribution in [3.05, 3.63) is 53.9 Å². The van der Waals surface area contributed by atoms with Crippen molar-refractivity contribution < 1.29 is 9.59 Å². The molecule has 0 radical (unpaired) electrons. The first-order valence-electron chi connectivity index (χ1n) is 7.07. The molecule has 0 aliphatic heterocycles. The fourth-order valence-electron chi connectivity index (χ4n) is 2.12. The Labute approximate surface area is 132 Å². The molecule has 2 amide bonds. The fourth-order valence-corrected chi connectivity index (χ4v) is 2.12. The summed E-state index contributed by atoms with van der Waals surface area (Å²) in [5.74, 6) is -0.0594. The van der Waals surface area contributed by atoms with Gasteiger partial charge in [-0.15, -0.1) is 0 Å². The van der Waals surface area contributed by atoms with E-state index < -0.39 is 0 Å². The summed E-state index contributed by atoms with van der Waals surface area (Å²) >= 11 is 0. The Hall–Kier alpha value is -3.22. The largest absolute Gasteiger partial charge is 0.351 e. The minimum atomic E-state index is -0.296. The number of H-pyrrole nitrogens is 1. The van der Waals surface area contributed by atoms with Gasteiger partial charge < -0.3 is 10.3 Å². The standard InChI is InChI=1S/C16H15N5O2/c1-10(22)18-9-12-8-11(6-7-17-12)15(23)21-16-19-13-4-2-3-5-14(13)20-16/h2-8H,9H2,1H3,(H,18,22)(H2,19,20,21,23). The number of para-hydroxylation sites is 2. The van der Waals surface area contributed by atoms with Gasteiger partial charge in [0.2, 0.25) is 11.9 Å². The number of carbonyl (C=O) groups is 2. The molecule has 23 heavy (non-hydrogen) atoms. The van der Waals surface area contributed by atoms with Crippen LogP contribution in [0.5, 0.6) is 0 Å². The molecule has 2 heterocycles. The lowest BCUT2D eigenvalue weighted by Crippen LogP contribution is -2.20. The Kier molecular flexibility index (Phi) is 4.01. The number of carbonyl (C=O) groups excluding carboxylic acids is 2. The van der Waals surface area contributed by atoms with Crippen LogP contribution in [-0.2, 0) is 11.3 Å². The van der Waals surface area contributed by atoms with E-state index in [0.717, 1.165) is 11.0 Å². The van der Waals surface area contributed by atoms with E-state index in [2.05, 4.69) is 25.6 Å². The molecule has 1 aromatic carbocycles. The molecule has 0 unspecified atom stereocenters. The number of anilines is 1. The summed E-state index contributed by atoms with van der Waals surface area (Å²) in [6.45, 7) is 1.71. The molecule has 0 saturated heterocycles. The number of rotatable bonds is 4. The van der Waals surface area contributed by atoms with Crippen LogP contribution in [0.25, 0.3) is 11.0 Å². The number of benzene rings is 1. The van der Waals surface area contributed by atoms with Gasteiger partial charge in [0.1, 0.15) is 0 Å². The Bertz CT molecular complexity index is 839. The molecule has 0 aliphatic rings. The SMILES string of the molecule is CC(=O)NCc1cc(C(=O)Nc2nc3ccccc3[nH]2)ccn1. The second-order valence-corrected chi connectivity index (χ2v) is 5.00. The van der Waals surface area contributed by atoms with Gasteiger partial charge >= 0.3 is 0 Å². The lowest BCUT2D eigenvalue weighted by atomic mass is 10.2. The Morgan fingerprint density at radius 3 is 2.83 bits per heavy atom. The zero-order valence-corrected chi connectivity index (χ0v) is 12.5. The van der Waals surface area contributed by atoms with E-state index in [1.807, 2.05) is 24.3 Å². The van der Waals surface area contributed by atoms with Crippen molar-refractivity contribution in [2.45, 2.75) is 13.5 Å². The van der Waals surface area contributed by atoms with Crippen LogP contribution in [0.15, 0.2) is 42.6 Å². The molecule has 3 rings (SSSR count). The highest BCUT2D eigenvalue weighted by atomic mass is 16.2. The Balaban J connectivity index is 1.74. The molecule has 0 spiro atoms. The van der Waals surface area contributed by atoms with Crippen LogP contribution >= 0.6 is 0 Å². The van der Waals surface area contributed by atoms with Crippen LogP contribution in [0, 0.1) is 0 Å². The Morgan fingerprint density at radius 2 is 2.04 bits per heavy atom. The van der Waals surface area contributed by atoms with Gasteiger partial charge in [-0.3, -0.25) is 19.9 Å². The number of aromatic amines is 1. The molecule has 0 saturated carbocycles. The monoisotopic (exact) mass is 309 g/mol. The number of nitrogens with one attached hydrogen (secondary N) is 3. The number of nitrogens with zero attached hydrogens (tertiary/aromatic N) is 2. The van der Waals surface area contributed by atoms with Crippen LogP contribution in [0.2, 0.25) is 0 Å². The molecule has 116 valence electrons. The number of hydrogen-bond donors (Lipinski definition) is 3. The summed E-state index contributed by atoms with van der Waals surface area (Å²) < 4.78 is 0. The molecule has 0 fully saturated rings. The maximum absolute atomic E-state index is 12.3. The van der Waals surface area contributed by atoms with Gasteiger partial charge in [0.25, 0.3) is 5.91 Å². The van der Waals surface area contributed by atoms with Crippen molar-refractivity contribution in [2.75, 3.05) is 5.32 Å². The fraction of sp³-hybridized carbons (Fsp3) is 0.125. The summed E-state index contributed by atoms with van der Waals surface area (Å²) in [6, 6.07) is 10.8. The molecule has 7 nitrogen and oxygen atoms in total. The lowest BCUT2D eigenvalue weighted by Gasteiger charge is -2.05. The van der Waals surface area contributed by atoms with Gasteiger partial charge in [-0.25, -0.2) is 4.98 Å². The summed E-state index contributed by atoms with van der Waals surface area (Å²) in [6.07, 6.45) is 1.53. The molecule has 0 atom stereocenters. The zero-order chi connectivity index (χ0) is 16.2. The molecular formula is C16H15N5O2. The van der Waals surface area contributed by atoms with Gasteiger partial charge in [-0.1, -0.05) is 12.1 Å². The average Bonchev–Trinajstić information content (AvgIpc) is 2.95. The normalized spacial score (nSPS) is 10.5. The zero-order valence-electron chi connectivity index (χ0n) is 12.5. The number of imidazole rings is 1. The molecule has 0 bridgehead atoms. The molecule has 3 N–H and O–H groups in total. The summed E-state index contributed by atoms with van der Waals surface area (Å²) in [5, 5.41) is 5.36. The molecule has 3 aromatic rings. The average molecular weight is 309 g/mol. The highest BCUT2D eigenvalue weighted by molar-refractivity contribution is 6.03. The van der Waals surface area contributed by atoms with Gasteiger partial charge in [-0.2, -0.15) is 0 Å². The van der Waals surface area contributed by atoms with Crippen LogP contribution in [0.4, 0.5) is 5.95 Å². The number of pyridine rings is 1. The van der Waals surface area contributed by atoms with Crippen LogP contribution in [-0.4, -0.2) is 26.8 Å². The van der Waals surface area contributed by atoms with Crippen molar-refractivity contribution >= 4 is 28.8 Å². The van der Waals surface area contributed by atoms with E-state index >= 15 is 0 Å². The predicted molar refractivity (Wildman–Crippen MR) is 85.8 cm³/mol. The molecule has 7 heteroatoms. The maximum atomic E-state index is 12.3. The second-order valence-electron chi connectivity index (χ2n) is 5.00. The summed E-state index contributed by atoms with van der Waals surface area (Å²) in [5.41, 5.74) is 2.69. The van der Waals surface area contributed by atoms with Gasteiger partial charge in [0, 0.05) is 18.7 Å². The van der Waals surface area contributed by atoms with E-state index in [1.54, 1.807) is 12.1 Å². The Morgan fingerprint density at radius 1 is 1.22 bits per heavy atom. The molecule has 2 aromatic heterocycles. The van der Waals surface area contributed by atoms with Crippen LogP contribution in [0.1, 0.15) is 23.0 Å². The highest BCUT2D eigenvalue weighted by Crippen LogP contribution is 2.14. The quantitative estimate of drug-likeness (QED) is 0.684. The van der Waals surface area contributed by atoms with E-state index in [9.17, 15) is 9.59 Å². The van der Waals surface area contributed by atoms with Crippen molar-refractivity contribution in [1.29, 1.82) is 0 Å². The predicted octanol–water partition coefficient (Wildman–Crippen LogP) is 1.85. The van der Waals surface area contributed by atoms with Crippen molar-refractivity contribution in [3.8, 4) is 0 Å². The molecule has 0 aliphatic carbocycles. The lowest BCUT2D eigenvalue weighted by molar-refractivity contribution is -0.119. The third-order valence-electron chi connectivity index (χ3n) is 3.22. The second kappa shape index (κ2) is 6.27.